The Bertz CT molecular complexity index is 802. The lowest BCUT2D eigenvalue weighted by atomic mass is 10.1. The van der Waals surface area contributed by atoms with Gasteiger partial charge in [0.1, 0.15) is 17.4 Å². The van der Waals surface area contributed by atoms with E-state index >= 15 is 0 Å². The molecule has 0 atom stereocenters. The molecule has 4 nitrogen and oxygen atoms in total. The number of amides is 1. The number of nitrogens with zero attached hydrogens (tertiary/aromatic N) is 2. The fraction of sp³-hybridized carbons (Fsp3) is 0.350. The van der Waals surface area contributed by atoms with Crippen LogP contribution in [0.1, 0.15) is 21.5 Å². The van der Waals surface area contributed by atoms with Crippen LogP contribution < -0.4 is 4.74 Å². The molecule has 0 aliphatic carbocycles. The van der Waals surface area contributed by atoms with E-state index in [1.807, 2.05) is 0 Å². The largest absolute Gasteiger partial charge is 0.496 e. The van der Waals surface area contributed by atoms with Gasteiger partial charge in [0, 0.05) is 43.9 Å². The van der Waals surface area contributed by atoms with Crippen LogP contribution in [0.2, 0.25) is 0 Å². The van der Waals surface area contributed by atoms with Gasteiger partial charge >= 0.3 is 0 Å². The molecule has 1 heterocycles. The molecule has 2 aromatic carbocycles. The van der Waals surface area contributed by atoms with Gasteiger partial charge in [0.25, 0.3) is 5.91 Å². The molecule has 0 aromatic heterocycles. The molecule has 0 bridgehead atoms. The quantitative estimate of drug-likeness (QED) is 0.839. The van der Waals surface area contributed by atoms with E-state index in [9.17, 15) is 13.6 Å². The third-order valence-corrected chi connectivity index (χ3v) is 4.71. The van der Waals surface area contributed by atoms with E-state index in [0.717, 1.165) is 5.56 Å². The van der Waals surface area contributed by atoms with Crippen LogP contribution in [0.5, 0.6) is 5.75 Å². The Morgan fingerprint density at radius 3 is 2.46 bits per heavy atom. The van der Waals surface area contributed by atoms with Gasteiger partial charge in [-0.15, -0.1) is 0 Å². The highest BCUT2D eigenvalue weighted by molar-refractivity contribution is 5.94. The van der Waals surface area contributed by atoms with Gasteiger partial charge in [-0.05, 0) is 42.8 Å². The summed E-state index contributed by atoms with van der Waals surface area (Å²) >= 11 is 0. The summed E-state index contributed by atoms with van der Waals surface area (Å²) in [4.78, 5) is 16.4. The summed E-state index contributed by atoms with van der Waals surface area (Å²) in [5, 5.41) is 0. The summed E-state index contributed by atoms with van der Waals surface area (Å²) in [7, 11) is 1.56. The lowest BCUT2D eigenvalue weighted by Crippen LogP contribution is -2.48. The zero-order valence-corrected chi connectivity index (χ0v) is 15.0. The molecule has 0 saturated carbocycles. The number of hydrogen-bond acceptors (Lipinski definition) is 3. The molecular formula is C20H22F2N2O2. The molecule has 1 fully saturated rings. The maximum absolute atomic E-state index is 13.7. The van der Waals surface area contributed by atoms with E-state index in [-0.39, 0.29) is 17.5 Å². The number of carbonyl (C=O) groups is 1. The summed E-state index contributed by atoms with van der Waals surface area (Å²) in [6, 6.07) is 9.04. The average molecular weight is 360 g/mol. The summed E-state index contributed by atoms with van der Waals surface area (Å²) in [5.41, 5.74) is 1.68. The molecule has 1 aliphatic rings. The molecule has 138 valence electrons. The molecule has 6 heteroatoms. The number of aryl methyl sites for hydroxylation is 1. The molecule has 1 amide bonds. The molecule has 0 unspecified atom stereocenters. The molecular weight excluding hydrogens is 338 g/mol. The Hall–Kier alpha value is -2.47. The van der Waals surface area contributed by atoms with Crippen molar-refractivity contribution in [2.24, 2.45) is 0 Å². The first kappa shape index (κ1) is 18.3. The van der Waals surface area contributed by atoms with Crippen molar-refractivity contribution < 1.29 is 18.3 Å². The number of rotatable bonds is 4. The van der Waals surface area contributed by atoms with E-state index in [2.05, 4.69) is 4.90 Å². The van der Waals surface area contributed by atoms with Crippen molar-refractivity contribution >= 4 is 5.91 Å². The van der Waals surface area contributed by atoms with Crippen LogP contribution >= 0.6 is 0 Å². The highest BCUT2D eigenvalue weighted by Gasteiger charge is 2.23. The Kier molecular flexibility index (Phi) is 5.52. The third-order valence-electron chi connectivity index (χ3n) is 4.71. The fourth-order valence-electron chi connectivity index (χ4n) is 3.13. The molecule has 0 N–H and O–H groups in total. The van der Waals surface area contributed by atoms with Crippen LogP contribution in [0.25, 0.3) is 0 Å². The second kappa shape index (κ2) is 7.83. The minimum atomic E-state index is -0.368. The molecule has 2 aromatic rings. The van der Waals surface area contributed by atoms with E-state index in [1.165, 1.54) is 18.2 Å². The monoisotopic (exact) mass is 360 g/mol. The number of piperazine rings is 1. The normalized spacial score (nSPS) is 15.2. The van der Waals surface area contributed by atoms with Gasteiger partial charge in [-0.25, -0.2) is 8.78 Å². The Labute approximate surface area is 152 Å². The first-order valence-corrected chi connectivity index (χ1v) is 8.58. The number of halogens is 2. The molecule has 26 heavy (non-hydrogen) atoms. The highest BCUT2D eigenvalue weighted by Crippen LogP contribution is 2.22. The number of methoxy groups -OCH3 is 1. The van der Waals surface area contributed by atoms with Gasteiger partial charge in [0.2, 0.25) is 0 Å². The van der Waals surface area contributed by atoms with Crippen molar-refractivity contribution in [3.63, 3.8) is 0 Å². The summed E-state index contributed by atoms with van der Waals surface area (Å²) in [5.74, 6) is -0.171. The highest BCUT2D eigenvalue weighted by atomic mass is 19.1. The van der Waals surface area contributed by atoms with Gasteiger partial charge in [-0.1, -0.05) is 6.07 Å². The van der Waals surface area contributed by atoms with E-state index < -0.39 is 0 Å². The fourth-order valence-corrected chi connectivity index (χ4v) is 3.13. The van der Waals surface area contributed by atoms with Crippen molar-refractivity contribution in [2.75, 3.05) is 33.3 Å². The molecule has 0 radical (unpaired) electrons. The first-order valence-electron chi connectivity index (χ1n) is 8.58. The minimum absolute atomic E-state index is 0.160. The predicted octanol–water partition coefficient (Wildman–Crippen LogP) is 3.24. The lowest BCUT2D eigenvalue weighted by molar-refractivity contribution is 0.0627. The SMILES string of the molecule is COc1ccc(F)cc1CN1CCN(C(=O)c2ccc(C)c(F)c2)CC1. The third kappa shape index (κ3) is 4.02. The standard InChI is InChI=1S/C20H22F2N2O2/c1-14-3-4-15(12-18(14)22)20(25)24-9-7-23(8-10-24)13-16-11-17(21)5-6-19(16)26-2/h3-6,11-12H,7-10,13H2,1-2H3. The molecule has 1 saturated heterocycles. The Morgan fingerprint density at radius 2 is 1.81 bits per heavy atom. The maximum atomic E-state index is 13.7. The van der Waals surface area contributed by atoms with E-state index in [1.54, 1.807) is 37.1 Å². The predicted molar refractivity (Wildman–Crippen MR) is 95.3 cm³/mol. The van der Waals surface area contributed by atoms with Crippen LogP contribution in [0.15, 0.2) is 36.4 Å². The lowest BCUT2D eigenvalue weighted by Gasteiger charge is -2.35. The zero-order valence-electron chi connectivity index (χ0n) is 15.0. The van der Waals surface area contributed by atoms with Crippen LogP contribution in [0, 0.1) is 18.6 Å². The van der Waals surface area contributed by atoms with Gasteiger partial charge in [0.05, 0.1) is 7.11 Å². The van der Waals surface area contributed by atoms with E-state index in [4.69, 9.17) is 4.74 Å². The van der Waals surface area contributed by atoms with E-state index in [0.29, 0.717) is 49.6 Å². The van der Waals surface area contributed by atoms with Crippen LogP contribution in [0.3, 0.4) is 0 Å². The topological polar surface area (TPSA) is 32.8 Å². The second-order valence-corrected chi connectivity index (χ2v) is 6.49. The van der Waals surface area contributed by atoms with Crippen molar-refractivity contribution in [1.82, 2.24) is 9.80 Å². The van der Waals surface area contributed by atoms with Gasteiger partial charge in [0.15, 0.2) is 0 Å². The van der Waals surface area contributed by atoms with Crippen LogP contribution in [0.4, 0.5) is 8.78 Å². The number of benzene rings is 2. The van der Waals surface area contributed by atoms with Crippen molar-refractivity contribution in [3.8, 4) is 5.75 Å². The Morgan fingerprint density at radius 1 is 1.08 bits per heavy atom. The van der Waals surface area contributed by atoms with Crippen molar-refractivity contribution in [1.29, 1.82) is 0 Å². The zero-order chi connectivity index (χ0) is 18.7. The van der Waals surface area contributed by atoms with Gasteiger partial charge < -0.3 is 9.64 Å². The molecule has 3 rings (SSSR count). The van der Waals surface area contributed by atoms with Crippen molar-refractivity contribution in [2.45, 2.75) is 13.5 Å². The molecule has 0 spiro atoms. The Balaban J connectivity index is 1.61. The van der Waals surface area contributed by atoms with Gasteiger partial charge in [-0.2, -0.15) is 0 Å². The summed E-state index contributed by atoms with van der Waals surface area (Å²) in [6.07, 6.45) is 0. The summed E-state index contributed by atoms with van der Waals surface area (Å²) in [6.45, 7) is 4.66. The van der Waals surface area contributed by atoms with Crippen LogP contribution in [-0.2, 0) is 6.54 Å². The van der Waals surface area contributed by atoms with Crippen LogP contribution in [-0.4, -0.2) is 49.0 Å². The van der Waals surface area contributed by atoms with Crippen molar-refractivity contribution in [3.05, 3.63) is 64.7 Å². The average Bonchev–Trinajstić information content (AvgIpc) is 2.64. The minimum Gasteiger partial charge on any atom is -0.496 e. The second-order valence-electron chi connectivity index (χ2n) is 6.49. The number of carbonyl (C=O) groups excluding carboxylic acids is 1. The number of ether oxygens (including phenoxy) is 1. The first-order chi connectivity index (χ1) is 12.5. The summed E-state index contributed by atoms with van der Waals surface area (Å²) < 4.78 is 32.5. The maximum Gasteiger partial charge on any atom is 0.254 e. The molecule has 1 aliphatic heterocycles. The van der Waals surface area contributed by atoms with Gasteiger partial charge in [-0.3, -0.25) is 9.69 Å². The number of hydrogen-bond donors (Lipinski definition) is 0. The smallest absolute Gasteiger partial charge is 0.254 e.